The largest absolute Gasteiger partial charge is 0.347 e. The molecule has 1 fully saturated rings. The summed E-state index contributed by atoms with van der Waals surface area (Å²) in [5.74, 6) is 2.24. The summed E-state index contributed by atoms with van der Waals surface area (Å²) in [5.41, 5.74) is 2.88. The number of fused-ring (bicyclic) bond motifs is 1. The fourth-order valence-electron chi connectivity index (χ4n) is 3.43. The summed E-state index contributed by atoms with van der Waals surface area (Å²) < 4.78 is 2.11. The predicted octanol–water partition coefficient (Wildman–Crippen LogP) is 4.33. The number of hydrogen-bond acceptors (Lipinski definition) is 3. The number of benzene rings is 2. The minimum absolute atomic E-state index is 0.000514. The number of aromatic nitrogens is 4. The van der Waals surface area contributed by atoms with Crippen LogP contribution in [0.5, 0.6) is 0 Å². The van der Waals surface area contributed by atoms with Gasteiger partial charge in [0.15, 0.2) is 5.82 Å². The Labute approximate surface area is 162 Å². The van der Waals surface area contributed by atoms with Gasteiger partial charge in [-0.15, -0.1) is 0 Å². The first-order chi connectivity index (χ1) is 13.8. The summed E-state index contributed by atoms with van der Waals surface area (Å²) in [5, 5.41) is 11.5. The van der Waals surface area contributed by atoms with Crippen molar-refractivity contribution in [1.82, 2.24) is 19.7 Å². The summed E-state index contributed by atoms with van der Waals surface area (Å²) in [6, 6.07) is 17.9. The number of aromatic amines is 1. The fourth-order valence-corrected chi connectivity index (χ4v) is 3.43. The van der Waals surface area contributed by atoms with Crippen molar-refractivity contribution in [2.24, 2.45) is 0 Å². The van der Waals surface area contributed by atoms with Gasteiger partial charge < -0.3 is 9.88 Å². The monoisotopic (exact) mass is 371 g/mol. The SMILES string of the molecule is O=C(CCn1ccc2ccccc21)Nc1ccc(-c2n[nH]c(C3CC3)n2)cc1. The number of hydrogen-bond donors (Lipinski definition) is 2. The first-order valence-corrected chi connectivity index (χ1v) is 9.63. The third-order valence-electron chi connectivity index (χ3n) is 5.15. The zero-order chi connectivity index (χ0) is 18.9. The van der Waals surface area contributed by atoms with Crippen molar-refractivity contribution in [3.63, 3.8) is 0 Å². The Morgan fingerprint density at radius 1 is 1.11 bits per heavy atom. The highest BCUT2D eigenvalue weighted by Gasteiger charge is 2.27. The third kappa shape index (κ3) is 3.41. The van der Waals surface area contributed by atoms with Crippen LogP contribution in [0, 0.1) is 0 Å². The molecular formula is C22H21N5O. The van der Waals surface area contributed by atoms with Gasteiger partial charge >= 0.3 is 0 Å². The molecule has 2 aromatic heterocycles. The standard InChI is InChI=1S/C22H21N5O/c28-20(12-14-27-13-11-15-3-1-2-4-19(15)27)23-18-9-7-17(8-10-18)22-24-21(25-26-22)16-5-6-16/h1-4,7-11,13,16H,5-6,12,14H2,(H,23,28)(H,24,25,26). The Morgan fingerprint density at radius 3 is 2.75 bits per heavy atom. The average Bonchev–Trinajstić information content (AvgIpc) is 3.31. The van der Waals surface area contributed by atoms with Crippen LogP contribution in [0.25, 0.3) is 22.3 Å². The topological polar surface area (TPSA) is 75.6 Å². The quantitative estimate of drug-likeness (QED) is 0.530. The lowest BCUT2D eigenvalue weighted by Crippen LogP contribution is -2.14. The number of nitrogens with zero attached hydrogens (tertiary/aromatic N) is 3. The first kappa shape index (κ1) is 16.7. The average molecular weight is 371 g/mol. The van der Waals surface area contributed by atoms with Crippen LogP contribution >= 0.6 is 0 Å². The van der Waals surface area contributed by atoms with Gasteiger partial charge in [0.25, 0.3) is 0 Å². The second-order valence-electron chi connectivity index (χ2n) is 7.26. The van der Waals surface area contributed by atoms with E-state index in [2.05, 4.69) is 43.3 Å². The van der Waals surface area contributed by atoms with Gasteiger partial charge in [-0.05, 0) is 54.6 Å². The number of H-pyrrole nitrogens is 1. The van der Waals surface area contributed by atoms with Gasteiger partial charge in [0, 0.05) is 41.8 Å². The Morgan fingerprint density at radius 2 is 1.93 bits per heavy atom. The van der Waals surface area contributed by atoms with E-state index in [4.69, 9.17) is 0 Å². The van der Waals surface area contributed by atoms with Crippen LogP contribution in [-0.4, -0.2) is 25.7 Å². The molecule has 0 bridgehead atoms. The first-order valence-electron chi connectivity index (χ1n) is 9.63. The second kappa shape index (κ2) is 6.96. The van der Waals surface area contributed by atoms with Crippen molar-refractivity contribution in [3.05, 3.63) is 66.6 Å². The van der Waals surface area contributed by atoms with Gasteiger partial charge in [0.05, 0.1) is 0 Å². The molecule has 1 aliphatic rings. The van der Waals surface area contributed by atoms with Crippen LogP contribution in [0.3, 0.4) is 0 Å². The van der Waals surface area contributed by atoms with Crippen molar-refractivity contribution in [2.75, 3.05) is 5.32 Å². The number of carbonyl (C=O) groups excluding carboxylic acids is 1. The maximum atomic E-state index is 12.3. The summed E-state index contributed by atoms with van der Waals surface area (Å²) in [6.45, 7) is 0.651. The minimum Gasteiger partial charge on any atom is -0.347 e. The molecule has 1 amide bonds. The van der Waals surface area contributed by atoms with Crippen molar-refractivity contribution in [2.45, 2.75) is 31.7 Å². The van der Waals surface area contributed by atoms with Gasteiger partial charge in [-0.2, -0.15) is 5.10 Å². The summed E-state index contributed by atoms with van der Waals surface area (Å²) in [4.78, 5) is 16.9. The fraction of sp³-hybridized carbons (Fsp3) is 0.227. The van der Waals surface area contributed by atoms with E-state index in [1.54, 1.807) is 0 Å². The van der Waals surface area contributed by atoms with Gasteiger partial charge in [-0.3, -0.25) is 9.89 Å². The van der Waals surface area contributed by atoms with Gasteiger partial charge in [0.1, 0.15) is 5.82 Å². The molecule has 1 saturated carbocycles. The second-order valence-corrected chi connectivity index (χ2v) is 7.26. The number of nitrogens with one attached hydrogen (secondary N) is 2. The van der Waals surface area contributed by atoms with Crippen LogP contribution in [0.15, 0.2) is 60.8 Å². The molecule has 5 rings (SSSR count). The Kier molecular flexibility index (Phi) is 4.16. The Bertz CT molecular complexity index is 1120. The van der Waals surface area contributed by atoms with Crippen LogP contribution in [0.2, 0.25) is 0 Å². The summed E-state index contributed by atoms with van der Waals surface area (Å²) in [7, 11) is 0. The minimum atomic E-state index is -0.000514. The molecule has 2 aromatic carbocycles. The summed E-state index contributed by atoms with van der Waals surface area (Å²) >= 11 is 0. The molecule has 0 saturated heterocycles. The van der Waals surface area contributed by atoms with E-state index in [1.807, 2.05) is 42.6 Å². The van der Waals surface area contributed by atoms with E-state index in [0.717, 1.165) is 22.6 Å². The molecule has 0 radical (unpaired) electrons. The van der Waals surface area contributed by atoms with Crippen LogP contribution < -0.4 is 5.32 Å². The van der Waals surface area contributed by atoms with Gasteiger partial charge in [-0.25, -0.2) is 4.98 Å². The highest BCUT2D eigenvalue weighted by Crippen LogP contribution is 2.38. The predicted molar refractivity (Wildman–Crippen MR) is 109 cm³/mol. The zero-order valence-corrected chi connectivity index (χ0v) is 15.4. The smallest absolute Gasteiger partial charge is 0.226 e. The number of anilines is 1. The molecule has 140 valence electrons. The van der Waals surface area contributed by atoms with Gasteiger partial charge in [0.2, 0.25) is 5.91 Å². The Balaban J connectivity index is 1.20. The maximum absolute atomic E-state index is 12.3. The lowest BCUT2D eigenvalue weighted by molar-refractivity contribution is -0.116. The highest BCUT2D eigenvalue weighted by atomic mass is 16.1. The number of carbonyl (C=O) groups is 1. The highest BCUT2D eigenvalue weighted by molar-refractivity contribution is 5.91. The molecule has 6 nitrogen and oxygen atoms in total. The number of aryl methyl sites for hydroxylation is 1. The molecule has 2 N–H and O–H groups in total. The molecule has 0 atom stereocenters. The molecule has 6 heteroatoms. The molecule has 1 aliphatic carbocycles. The van der Waals surface area contributed by atoms with Crippen molar-refractivity contribution >= 4 is 22.5 Å². The maximum Gasteiger partial charge on any atom is 0.226 e. The third-order valence-corrected chi connectivity index (χ3v) is 5.15. The number of amides is 1. The normalized spacial score (nSPS) is 13.7. The molecule has 2 heterocycles. The lowest BCUT2D eigenvalue weighted by Gasteiger charge is -2.07. The van der Waals surface area contributed by atoms with E-state index in [0.29, 0.717) is 24.7 Å². The van der Waals surface area contributed by atoms with E-state index in [1.165, 1.54) is 18.2 Å². The van der Waals surface area contributed by atoms with E-state index < -0.39 is 0 Å². The van der Waals surface area contributed by atoms with Crippen molar-refractivity contribution in [1.29, 1.82) is 0 Å². The van der Waals surface area contributed by atoms with Crippen LogP contribution in [0.4, 0.5) is 5.69 Å². The van der Waals surface area contributed by atoms with Crippen molar-refractivity contribution < 1.29 is 4.79 Å². The zero-order valence-electron chi connectivity index (χ0n) is 15.4. The van der Waals surface area contributed by atoms with Crippen LogP contribution in [-0.2, 0) is 11.3 Å². The lowest BCUT2D eigenvalue weighted by atomic mass is 10.2. The van der Waals surface area contributed by atoms with E-state index in [9.17, 15) is 4.79 Å². The number of rotatable bonds is 6. The molecular weight excluding hydrogens is 350 g/mol. The molecule has 28 heavy (non-hydrogen) atoms. The Hall–Kier alpha value is -3.41. The molecule has 0 aliphatic heterocycles. The van der Waals surface area contributed by atoms with E-state index >= 15 is 0 Å². The van der Waals surface area contributed by atoms with Gasteiger partial charge in [-0.1, -0.05) is 18.2 Å². The molecule has 0 unspecified atom stereocenters. The van der Waals surface area contributed by atoms with Crippen LogP contribution in [0.1, 0.15) is 31.0 Å². The van der Waals surface area contributed by atoms with E-state index in [-0.39, 0.29) is 5.91 Å². The summed E-state index contributed by atoms with van der Waals surface area (Å²) in [6.07, 6.45) is 4.84. The molecule has 0 spiro atoms. The van der Waals surface area contributed by atoms with Crippen molar-refractivity contribution in [3.8, 4) is 11.4 Å². The molecule has 4 aromatic rings. The number of para-hydroxylation sites is 1.